The molecule has 0 atom stereocenters. The van der Waals surface area contributed by atoms with E-state index in [0.717, 1.165) is 0 Å². The van der Waals surface area contributed by atoms with Crippen molar-refractivity contribution in [1.82, 2.24) is 4.98 Å². The Bertz CT molecular complexity index is 597. The molecule has 1 heterocycles. The van der Waals surface area contributed by atoms with Gasteiger partial charge >= 0.3 is 0 Å². The van der Waals surface area contributed by atoms with Crippen molar-refractivity contribution in [2.45, 2.75) is 5.92 Å². The number of pyridine rings is 1. The smallest absolute Gasteiger partial charge is 0.234 e. The van der Waals surface area contributed by atoms with E-state index in [0.29, 0.717) is 17.1 Å². The van der Waals surface area contributed by atoms with Gasteiger partial charge in [0.2, 0.25) is 11.8 Å². The summed E-state index contributed by atoms with van der Waals surface area (Å²) in [6.45, 7) is 0. The summed E-state index contributed by atoms with van der Waals surface area (Å²) >= 11 is 0. The Morgan fingerprint density at radius 1 is 0.900 bits per heavy atom. The van der Waals surface area contributed by atoms with Crippen molar-refractivity contribution in [2.24, 2.45) is 11.5 Å². The molecule has 2 rings (SSSR count). The van der Waals surface area contributed by atoms with Crippen LogP contribution in [0.5, 0.6) is 11.5 Å². The maximum Gasteiger partial charge on any atom is 0.234 e. The Morgan fingerprint density at radius 2 is 1.40 bits per heavy atom. The number of benzene rings is 1. The van der Waals surface area contributed by atoms with Gasteiger partial charge in [0.25, 0.3) is 0 Å². The highest BCUT2D eigenvalue weighted by atomic mass is 16.5. The van der Waals surface area contributed by atoms with E-state index < -0.39 is 17.7 Å². The van der Waals surface area contributed by atoms with E-state index in [1.54, 1.807) is 48.8 Å². The third-order valence-corrected chi connectivity index (χ3v) is 2.67. The summed E-state index contributed by atoms with van der Waals surface area (Å²) in [6.07, 6.45) is 3.22. The molecule has 6 heteroatoms. The predicted molar refractivity (Wildman–Crippen MR) is 71.9 cm³/mol. The number of primary amides is 2. The summed E-state index contributed by atoms with van der Waals surface area (Å²) < 4.78 is 5.56. The van der Waals surface area contributed by atoms with Gasteiger partial charge in [-0.25, -0.2) is 0 Å². The molecule has 0 spiro atoms. The number of nitrogens with zero attached hydrogens (tertiary/aromatic N) is 1. The molecule has 0 bridgehead atoms. The van der Waals surface area contributed by atoms with Crippen molar-refractivity contribution in [3.8, 4) is 11.5 Å². The number of hydrogen-bond acceptors (Lipinski definition) is 4. The van der Waals surface area contributed by atoms with Crippen LogP contribution in [0.15, 0.2) is 48.8 Å². The molecule has 102 valence electrons. The molecule has 0 saturated carbocycles. The van der Waals surface area contributed by atoms with Crippen molar-refractivity contribution in [3.05, 3.63) is 54.4 Å². The van der Waals surface area contributed by atoms with Gasteiger partial charge in [-0.1, -0.05) is 12.1 Å². The highest BCUT2D eigenvalue weighted by Gasteiger charge is 2.23. The minimum Gasteiger partial charge on any atom is -0.457 e. The average Bonchev–Trinajstić information content (AvgIpc) is 2.41. The number of rotatable bonds is 5. The van der Waals surface area contributed by atoms with Gasteiger partial charge in [0, 0.05) is 12.4 Å². The van der Waals surface area contributed by atoms with E-state index in [2.05, 4.69) is 4.98 Å². The Kier molecular flexibility index (Phi) is 3.95. The number of ether oxygens (including phenoxy) is 1. The van der Waals surface area contributed by atoms with Gasteiger partial charge in [-0.15, -0.1) is 0 Å². The van der Waals surface area contributed by atoms with Crippen molar-refractivity contribution < 1.29 is 14.3 Å². The van der Waals surface area contributed by atoms with Crippen LogP contribution >= 0.6 is 0 Å². The Labute approximate surface area is 115 Å². The normalized spacial score (nSPS) is 10.2. The molecule has 6 nitrogen and oxygen atoms in total. The van der Waals surface area contributed by atoms with Gasteiger partial charge in [0.15, 0.2) is 0 Å². The molecule has 1 aromatic heterocycles. The SMILES string of the molecule is NC(=O)C(C(N)=O)c1ccc(Oc2ccncc2)cc1. The Hall–Kier alpha value is -2.89. The van der Waals surface area contributed by atoms with Crippen LogP contribution in [-0.4, -0.2) is 16.8 Å². The molecule has 0 aliphatic heterocycles. The van der Waals surface area contributed by atoms with Crippen LogP contribution in [0.3, 0.4) is 0 Å². The molecule has 1 aromatic carbocycles. The number of hydrogen-bond donors (Lipinski definition) is 2. The number of aromatic nitrogens is 1. The predicted octanol–water partition coefficient (Wildman–Crippen LogP) is 0.928. The first kappa shape index (κ1) is 13.5. The summed E-state index contributed by atoms with van der Waals surface area (Å²) in [4.78, 5) is 26.3. The zero-order valence-electron chi connectivity index (χ0n) is 10.5. The van der Waals surface area contributed by atoms with Crippen LogP contribution in [-0.2, 0) is 9.59 Å². The van der Waals surface area contributed by atoms with Gasteiger partial charge in [-0.2, -0.15) is 0 Å². The fourth-order valence-corrected chi connectivity index (χ4v) is 1.74. The van der Waals surface area contributed by atoms with E-state index in [1.165, 1.54) is 0 Å². The van der Waals surface area contributed by atoms with E-state index in [4.69, 9.17) is 16.2 Å². The van der Waals surface area contributed by atoms with Crippen molar-refractivity contribution in [3.63, 3.8) is 0 Å². The van der Waals surface area contributed by atoms with E-state index in [9.17, 15) is 9.59 Å². The van der Waals surface area contributed by atoms with Crippen LogP contribution < -0.4 is 16.2 Å². The van der Waals surface area contributed by atoms with E-state index in [-0.39, 0.29) is 0 Å². The van der Waals surface area contributed by atoms with Crippen molar-refractivity contribution in [2.75, 3.05) is 0 Å². The largest absolute Gasteiger partial charge is 0.457 e. The number of amides is 2. The van der Waals surface area contributed by atoms with Gasteiger partial charge in [-0.05, 0) is 29.8 Å². The lowest BCUT2D eigenvalue weighted by Crippen LogP contribution is -2.32. The molecular weight excluding hydrogens is 258 g/mol. The standard InChI is InChI=1S/C14H13N3O3/c15-13(18)12(14(16)19)9-1-3-10(4-2-9)20-11-5-7-17-8-6-11/h1-8,12H,(H2,15,18)(H2,16,19). The molecular formula is C14H13N3O3. The molecule has 0 aliphatic rings. The number of carbonyl (C=O) groups is 2. The lowest BCUT2D eigenvalue weighted by Gasteiger charge is -2.11. The van der Waals surface area contributed by atoms with Gasteiger partial charge in [-0.3, -0.25) is 14.6 Å². The van der Waals surface area contributed by atoms with Gasteiger partial charge < -0.3 is 16.2 Å². The van der Waals surface area contributed by atoms with Gasteiger partial charge in [0.1, 0.15) is 17.4 Å². The first-order valence-corrected chi connectivity index (χ1v) is 5.84. The first-order valence-electron chi connectivity index (χ1n) is 5.84. The Morgan fingerprint density at radius 3 is 1.90 bits per heavy atom. The third-order valence-electron chi connectivity index (χ3n) is 2.67. The summed E-state index contributed by atoms with van der Waals surface area (Å²) in [5, 5.41) is 0. The maximum atomic E-state index is 11.2. The first-order chi connectivity index (χ1) is 9.58. The van der Waals surface area contributed by atoms with Crippen LogP contribution in [0, 0.1) is 0 Å². The van der Waals surface area contributed by atoms with Crippen LogP contribution in [0.4, 0.5) is 0 Å². The summed E-state index contributed by atoms with van der Waals surface area (Å²) in [5.41, 5.74) is 10.7. The van der Waals surface area contributed by atoms with Crippen LogP contribution in [0.25, 0.3) is 0 Å². The molecule has 0 unspecified atom stereocenters. The third kappa shape index (κ3) is 3.11. The number of carbonyl (C=O) groups excluding carboxylic acids is 2. The molecule has 2 aromatic rings. The zero-order chi connectivity index (χ0) is 14.5. The number of nitrogens with two attached hydrogens (primary N) is 2. The van der Waals surface area contributed by atoms with Crippen LogP contribution in [0.1, 0.15) is 11.5 Å². The second-order valence-corrected chi connectivity index (χ2v) is 4.09. The summed E-state index contributed by atoms with van der Waals surface area (Å²) in [6, 6.07) is 9.85. The average molecular weight is 271 g/mol. The minimum atomic E-state index is -1.13. The summed E-state index contributed by atoms with van der Waals surface area (Å²) in [5.74, 6) is -1.49. The second kappa shape index (κ2) is 5.83. The van der Waals surface area contributed by atoms with Crippen LogP contribution in [0.2, 0.25) is 0 Å². The second-order valence-electron chi connectivity index (χ2n) is 4.09. The molecule has 4 N–H and O–H groups in total. The maximum absolute atomic E-state index is 11.2. The minimum absolute atomic E-state index is 0.437. The topological polar surface area (TPSA) is 108 Å². The molecule has 2 amide bonds. The Balaban J connectivity index is 2.18. The fourth-order valence-electron chi connectivity index (χ4n) is 1.74. The van der Waals surface area contributed by atoms with Crippen molar-refractivity contribution >= 4 is 11.8 Å². The molecule has 0 aliphatic carbocycles. The lowest BCUT2D eigenvalue weighted by atomic mass is 9.98. The quantitative estimate of drug-likeness (QED) is 0.788. The van der Waals surface area contributed by atoms with E-state index in [1.807, 2.05) is 0 Å². The highest BCUT2D eigenvalue weighted by molar-refractivity contribution is 6.04. The zero-order valence-corrected chi connectivity index (χ0v) is 10.5. The molecule has 0 saturated heterocycles. The van der Waals surface area contributed by atoms with Crippen molar-refractivity contribution in [1.29, 1.82) is 0 Å². The molecule has 0 fully saturated rings. The highest BCUT2D eigenvalue weighted by Crippen LogP contribution is 2.23. The van der Waals surface area contributed by atoms with E-state index >= 15 is 0 Å². The molecule has 0 radical (unpaired) electrons. The summed E-state index contributed by atoms with van der Waals surface area (Å²) in [7, 11) is 0. The fraction of sp³-hybridized carbons (Fsp3) is 0.0714. The van der Waals surface area contributed by atoms with Gasteiger partial charge in [0.05, 0.1) is 0 Å². The molecule has 20 heavy (non-hydrogen) atoms. The lowest BCUT2D eigenvalue weighted by molar-refractivity contribution is -0.128. The monoisotopic (exact) mass is 271 g/mol.